The lowest BCUT2D eigenvalue weighted by molar-refractivity contribution is -0.140. The van der Waals surface area contributed by atoms with E-state index in [1.54, 1.807) is 14.0 Å². The van der Waals surface area contributed by atoms with Crippen LogP contribution in [0.4, 0.5) is 0 Å². The van der Waals surface area contributed by atoms with Crippen LogP contribution in [0.1, 0.15) is 25.3 Å². The van der Waals surface area contributed by atoms with Crippen LogP contribution in [-0.2, 0) is 14.4 Å². The Balaban J connectivity index is 2.08. The zero-order valence-corrected chi connectivity index (χ0v) is 15.6. The number of carboxylic acid groups (broad SMARTS) is 1. The van der Waals surface area contributed by atoms with Crippen LogP contribution in [0.3, 0.4) is 0 Å². The minimum atomic E-state index is -1.16. The van der Waals surface area contributed by atoms with Gasteiger partial charge in [0.2, 0.25) is 5.91 Å². The SMILES string of the molecule is COc1ccc2cc(C(C)C(=O)SC[C@H](NC(C)=O)C(=O)O)ccc2c1. The maximum absolute atomic E-state index is 12.4. The smallest absolute Gasteiger partial charge is 0.327 e. The largest absolute Gasteiger partial charge is 0.497 e. The first-order chi connectivity index (χ1) is 12.3. The van der Waals surface area contributed by atoms with Crippen LogP contribution in [-0.4, -0.2) is 41.0 Å². The molecule has 2 atom stereocenters. The Labute approximate surface area is 155 Å². The molecule has 138 valence electrons. The molecule has 0 aromatic heterocycles. The molecule has 2 aromatic carbocycles. The third-order valence-electron chi connectivity index (χ3n) is 3.99. The maximum atomic E-state index is 12.4. The Bertz CT molecular complexity index is 836. The van der Waals surface area contributed by atoms with Crippen molar-refractivity contribution in [1.29, 1.82) is 0 Å². The van der Waals surface area contributed by atoms with Crippen molar-refractivity contribution in [2.45, 2.75) is 25.8 Å². The van der Waals surface area contributed by atoms with Gasteiger partial charge in [-0.25, -0.2) is 4.79 Å². The van der Waals surface area contributed by atoms with E-state index in [9.17, 15) is 14.4 Å². The fraction of sp³-hybridized carbons (Fsp3) is 0.316. The number of fused-ring (bicyclic) bond motifs is 1. The number of rotatable bonds is 7. The fourth-order valence-electron chi connectivity index (χ4n) is 2.49. The molecule has 0 bridgehead atoms. The van der Waals surface area contributed by atoms with Crippen LogP contribution >= 0.6 is 11.8 Å². The van der Waals surface area contributed by atoms with E-state index in [1.807, 2.05) is 36.4 Å². The molecule has 0 heterocycles. The number of aliphatic carboxylic acids is 1. The Hall–Kier alpha value is -2.54. The van der Waals surface area contributed by atoms with E-state index >= 15 is 0 Å². The van der Waals surface area contributed by atoms with E-state index in [2.05, 4.69) is 5.32 Å². The number of hydrogen-bond acceptors (Lipinski definition) is 5. The Morgan fingerprint density at radius 2 is 1.81 bits per heavy atom. The number of methoxy groups -OCH3 is 1. The standard InChI is InChI=1S/C19H21NO5S/c1-11(19(24)26-10-17(18(22)23)20-12(2)21)13-4-5-15-9-16(25-3)7-6-14(15)8-13/h4-9,11,17H,10H2,1-3H3,(H,20,21)(H,22,23)/t11?,17-/m0/s1. The normalized spacial score (nSPS) is 13.0. The highest BCUT2D eigenvalue weighted by Crippen LogP contribution is 2.28. The summed E-state index contributed by atoms with van der Waals surface area (Å²) in [6, 6.07) is 10.4. The molecule has 0 aliphatic heterocycles. The van der Waals surface area contributed by atoms with Gasteiger partial charge in [-0.05, 0) is 28.5 Å². The average Bonchev–Trinajstić information content (AvgIpc) is 2.62. The predicted molar refractivity (Wildman–Crippen MR) is 102 cm³/mol. The number of benzene rings is 2. The number of nitrogens with one attached hydrogen (secondary N) is 1. The maximum Gasteiger partial charge on any atom is 0.327 e. The van der Waals surface area contributed by atoms with Crippen molar-refractivity contribution in [3.8, 4) is 5.75 Å². The van der Waals surface area contributed by atoms with Gasteiger partial charge in [0.1, 0.15) is 11.8 Å². The molecule has 0 radical (unpaired) electrons. The fourth-order valence-corrected chi connectivity index (χ4v) is 3.43. The lowest BCUT2D eigenvalue weighted by Crippen LogP contribution is -2.41. The molecule has 26 heavy (non-hydrogen) atoms. The van der Waals surface area contributed by atoms with Crippen molar-refractivity contribution in [1.82, 2.24) is 5.32 Å². The number of carbonyl (C=O) groups is 3. The molecule has 0 fully saturated rings. The average molecular weight is 375 g/mol. The molecule has 1 amide bonds. The van der Waals surface area contributed by atoms with E-state index in [4.69, 9.17) is 9.84 Å². The van der Waals surface area contributed by atoms with Crippen molar-refractivity contribution < 1.29 is 24.2 Å². The highest BCUT2D eigenvalue weighted by molar-refractivity contribution is 8.13. The number of carboxylic acids is 1. The van der Waals surface area contributed by atoms with Crippen LogP contribution in [0.5, 0.6) is 5.75 Å². The molecule has 1 unspecified atom stereocenters. The van der Waals surface area contributed by atoms with Crippen molar-refractivity contribution in [2.24, 2.45) is 0 Å². The van der Waals surface area contributed by atoms with Gasteiger partial charge in [-0.15, -0.1) is 0 Å². The molecule has 2 aromatic rings. The van der Waals surface area contributed by atoms with Gasteiger partial charge in [-0.2, -0.15) is 0 Å². The van der Waals surface area contributed by atoms with E-state index in [-0.39, 0.29) is 10.9 Å². The number of amides is 1. The highest BCUT2D eigenvalue weighted by Gasteiger charge is 2.23. The zero-order chi connectivity index (χ0) is 19.3. The quantitative estimate of drug-likeness (QED) is 0.773. The highest BCUT2D eigenvalue weighted by atomic mass is 32.2. The first kappa shape index (κ1) is 19.8. The van der Waals surface area contributed by atoms with E-state index in [0.717, 1.165) is 33.8 Å². The molecule has 0 saturated carbocycles. The zero-order valence-electron chi connectivity index (χ0n) is 14.8. The van der Waals surface area contributed by atoms with Crippen molar-refractivity contribution in [3.63, 3.8) is 0 Å². The first-order valence-corrected chi connectivity index (χ1v) is 9.04. The summed E-state index contributed by atoms with van der Waals surface area (Å²) in [6.07, 6.45) is 0. The summed E-state index contributed by atoms with van der Waals surface area (Å²) in [5.74, 6) is -1.24. The summed E-state index contributed by atoms with van der Waals surface area (Å²) in [7, 11) is 1.61. The lowest BCUT2D eigenvalue weighted by Gasteiger charge is -2.15. The van der Waals surface area contributed by atoms with Crippen LogP contribution in [0.2, 0.25) is 0 Å². The molecular weight excluding hydrogens is 354 g/mol. The molecule has 0 aliphatic rings. The molecule has 7 heteroatoms. The first-order valence-electron chi connectivity index (χ1n) is 8.06. The summed E-state index contributed by atoms with van der Waals surface area (Å²) in [6.45, 7) is 3.03. The summed E-state index contributed by atoms with van der Waals surface area (Å²) in [4.78, 5) is 34.6. The van der Waals surface area contributed by atoms with E-state index in [1.165, 1.54) is 6.92 Å². The second-order valence-electron chi connectivity index (χ2n) is 5.92. The lowest BCUT2D eigenvalue weighted by atomic mass is 9.99. The van der Waals surface area contributed by atoms with Crippen molar-refractivity contribution >= 4 is 39.5 Å². The topological polar surface area (TPSA) is 92.7 Å². The van der Waals surface area contributed by atoms with Gasteiger partial charge < -0.3 is 15.2 Å². The van der Waals surface area contributed by atoms with Gasteiger partial charge in [0.25, 0.3) is 0 Å². The molecule has 2 rings (SSSR count). The third-order valence-corrected chi connectivity index (χ3v) is 5.13. The molecule has 2 N–H and O–H groups in total. The van der Waals surface area contributed by atoms with E-state index in [0.29, 0.717) is 0 Å². The molecular formula is C19H21NO5S. The van der Waals surface area contributed by atoms with Gasteiger partial charge in [-0.1, -0.05) is 43.0 Å². The van der Waals surface area contributed by atoms with Crippen molar-refractivity contribution in [2.75, 3.05) is 12.9 Å². The number of ether oxygens (including phenoxy) is 1. The number of carbonyl (C=O) groups excluding carboxylic acids is 2. The van der Waals surface area contributed by atoms with Crippen LogP contribution < -0.4 is 10.1 Å². The molecule has 6 nitrogen and oxygen atoms in total. The van der Waals surface area contributed by atoms with Gasteiger partial charge >= 0.3 is 5.97 Å². The Morgan fingerprint density at radius 3 is 2.42 bits per heavy atom. The van der Waals surface area contributed by atoms with Crippen LogP contribution in [0, 0.1) is 0 Å². The summed E-state index contributed by atoms with van der Waals surface area (Å²) in [5, 5.41) is 13.3. The van der Waals surface area contributed by atoms with Gasteiger partial charge in [0.05, 0.1) is 13.0 Å². The predicted octanol–water partition coefficient (Wildman–Crippen LogP) is 2.80. The second-order valence-corrected chi connectivity index (χ2v) is 6.94. The third kappa shape index (κ3) is 4.98. The Kier molecular flexibility index (Phi) is 6.63. The second kappa shape index (κ2) is 8.71. The number of thioether (sulfide) groups is 1. The summed E-state index contributed by atoms with van der Waals surface area (Å²) in [5.41, 5.74) is 0.853. The van der Waals surface area contributed by atoms with Crippen LogP contribution in [0.15, 0.2) is 36.4 Å². The van der Waals surface area contributed by atoms with Gasteiger partial charge in [0, 0.05) is 12.7 Å². The van der Waals surface area contributed by atoms with E-state index < -0.39 is 23.8 Å². The molecule has 0 spiro atoms. The van der Waals surface area contributed by atoms with Crippen molar-refractivity contribution in [3.05, 3.63) is 42.0 Å². The Morgan fingerprint density at radius 1 is 1.15 bits per heavy atom. The number of hydrogen-bond donors (Lipinski definition) is 2. The molecule has 0 saturated heterocycles. The minimum Gasteiger partial charge on any atom is -0.497 e. The van der Waals surface area contributed by atoms with Gasteiger partial charge in [-0.3, -0.25) is 9.59 Å². The van der Waals surface area contributed by atoms with Gasteiger partial charge in [0.15, 0.2) is 5.12 Å². The minimum absolute atomic E-state index is 0.0110. The monoisotopic (exact) mass is 375 g/mol. The van der Waals surface area contributed by atoms with Crippen LogP contribution in [0.25, 0.3) is 10.8 Å². The molecule has 0 aliphatic carbocycles. The summed E-state index contributed by atoms with van der Waals surface area (Å²) < 4.78 is 5.20. The summed E-state index contributed by atoms with van der Waals surface area (Å²) >= 11 is 0.915.